The van der Waals surface area contributed by atoms with Crippen molar-refractivity contribution in [2.45, 2.75) is 13.3 Å². The lowest BCUT2D eigenvalue weighted by Crippen LogP contribution is -2.00. The summed E-state index contributed by atoms with van der Waals surface area (Å²) in [7, 11) is 1.59. The van der Waals surface area contributed by atoms with Crippen molar-refractivity contribution >= 4 is 0 Å². The number of nitrogens with zero attached hydrogens (tertiary/aromatic N) is 1. The summed E-state index contributed by atoms with van der Waals surface area (Å²) in [6, 6.07) is 2.04. The lowest BCUT2D eigenvalue weighted by molar-refractivity contribution is 0.213. The summed E-state index contributed by atoms with van der Waals surface area (Å²) in [5.74, 6) is 0.799. The summed E-state index contributed by atoms with van der Waals surface area (Å²) in [5.41, 5.74) is 0. The van der Waals surface area contributed by atoms with Crippen molar-refractivity contribution in [3.8, 4) is 6.07 Å². The number of hydrogen-bond donors (Lipinski definition) is 0. The molecule has 0 heterocycles. The molecule has 2 heteroatoms. The third-order valence-corrected chi connectivity index (χ3v) is 0.903. The number of ether oxygens (including phenoxy) is 1. The van der Waals surface area contributed by atoms with Gasteiger partial charge < -0.3 is 4.74 Å². The summed E-state index contributed by atoms with van der Waals surface area (Å²) in [6.45, 7) is 2.42. The molecule has 1 radical (unpaired) electrons. The van der Waals surface area contributed by atoms with Crippen LogP contribution in [0.2, 0.25) is 0 Å². The van der Waals surface area contributed by atoms with Gasteiger partial charge in [-0.25, -0.2) is 0 Å². The first-order valence-corrected chi connectivity index (χ1v) is 2.58. The van der Waals surface area contributed by atoms with Gasteiger partial charge in [0.05, 0.1) is 12.7 Å². The maximum absolute atomic E-state index is 8.29. The largest absolute Gasteiger partial charge is 0.383 e. The molecule has 0 saturated carbocycles. The SMILES string of the molecule is CC[C](C#N)COC. The van der Waals surface area contributed by atoms with E-state index in [0.717, 1.165) is 12.3 Å². The molecule has 0 aromatic carbocycles. The molecule has 0 rings (SSSR count). The smallest absolute Gasteiger partial charge is 0.101 e. The molecule has 0 atom stereocenters. The topological polar surface area (TPSA) is 33.0 Å². The molecule has 45 valence electrons. The minimum absolute atomic E-state index is 0.479. The van der Waals surface area contributed by atoms with Crippen molar-refractivity contribution in [1.82, 2.24) is 0 Å². The van der Waals surface area contributed by atoms with Crippen molar-refractivity contribution in [1.29, 1.82) is 5.26 Å². The molecule has 8 heavy (non-hydrogen) atoms. The van der Waals surface area contributed by atoms with Gasteiger partial charge in [-0.05, 0) is 6.42 Å². The van der Waals surface area contributed by atoms with Crippen LogP contribution in [0.4, 0.5) is 0 Å². The Morgan fingerprint density at radius 3 is 2.50 bits per heavy atom. The number of methoxy groups -OCH3 is 1. The number of rotatable bonds is 3. The Hall–Kier alpha value is -0.550. The standard InChI is InChI=1S/C6H10NO/c1-3-6(4-7)5-8-2/h3,5H2,1-2H3. The fourth-order valence-electron chi connectivity index (χ4n) is 0.388. The van der Waals surface area contributed by atoms with Crippen LogP contribution in [0.25, 0.3) is 0 Å². The maximum atomic E-state index is 8.29. The Labute approximate surface area is 50.1 Å². The highest BCUT2D eigenvalue weighted by Crippen LogP contribution is 2.01. The zero-order valence-corrected chi connectivity index (χ0v) is 5.27. The second kappa shape index (κ2) is 4.61. The molecule has 0 unspecified atom stereocenters. The molecular weight excluding hydrogens is 102 g/mol. The monoisotopic (exact) mass is 112 g/mol. The summed E-state index contributed by atoms with van der Waals surface area (Å²) in [5, 5.41) is 8.29. The Morgan fingerprint density at radius 1 is 1.75 bits per heavy atom. The van der Waals surface area contributed by atoms with Crippen molar-refractivity contribution in [2.75, 3.05) is 13.7 Å². The molecule has 0 spiro atoms. The molecule has 0 N–H and O–H groups in total. The maximum Gasteiger partial charge on any atom is 0.101 e. The van der Waals surface area contributed by atoms with Crippen LogP contribution in [-0.4, -0.2) is 13.7 Å². The van der Waals surface area contributed by atoms with Crippen molar-refractivity contribution in [3.63, 3.8) is 0 Å². The van der Waals surface area contributed by atoms with Gasteiger partial charge in [0.15, 0.2) is 0 Å². The van der Waals surface area contributed by atoms with E-state index in [1.54, 1.807) is 7.11 Å². The second-order valence-electron chi connectivity index (χ2n) is 1.50. The molecule has 0 aliphatic carbocycles. The van der Waals surface area contributed by atoms with Gasteiger partial charge in [-0.2, -0.15) is 5.26 Å². The highest BCUT2D eigenvalue weighted by Gasteiger charge is 2.01. The van der Waals surface area contributed by atoms with Gasteiger partial charge in [-0.3, -0.25) is 0 Å². The minimum atomic E-state index is 0.479. The van der Waals surface area contributed by atoms with E-state index >= 15 is 0 Å². The fraction of sp³-hybridized carbons (Fsp3) is 0.667. The minimum Gasteiger partial charge on any atom is -0.383 e. The van der Waals surface area contributed by atoms with Crippen LogP contribution < -0.4 is 0 Å². The van der Waals surface area contributed by atoms with E-state index < -0.39 is 0 Å². The van der Waals surface area contributed by atoms with Crippen LogP contribution in [-0.2, 0) is 4.74 Å². The predicted molar refractivity (Wildman–Crippen MR) is 31.0 cm³/mol. The average molecular weight is 112 g/mol. The quantitative estimate of drug-likeness (QED) is 0.548. The summed E-state index contributed by atoms with van der Waals surface area (Å²) in [6.07, 6.45) is 0.796. The van der Waals surface area contributed by atoms with Crippen LogP contribution in [0.3, 0.4) is 0 Å². The number of nitriles is 1. The third-order valence-electron chi connectivity index (χ3n) is 0.903. The van der Waals surface area contributed by atoms with E-state index in [0.29, 0.717) is 6.61 Å². The molecule has 0 amide bonds. The van der Waals surface area contributed by atoms with Crippen LogP contribution in [0, 0.1) is 17.2 Å². The fourth-order valence-corrected chi connectivity index (χ4v) is 0.388. The second-order valence-corrected chi connectivity index (χ2v) is 1.50. The molecule has 0 saturated heterocycles. The predicted octanol–water partition coefficient (Wildman–Crippen LogP) is 1.14. The van der Waals surface area contributed by atoms with Gasteiger partial charge in [0.1, 0.15) is 5.92 Å². The first-order chi connectivity index (χ1) is 3.85. The highest BCUT2D eigenvalue weighted by atomic mass is 16.5. The Bertz CT molecular complexity index is 85.0. The summed E-state index contributed by atoms with van der Waals surface area (Å²) >= 11 is 0. The van der Waals surface area contributed by atoms with Gasteiger partial charge in [0.25, 0.3) is 0 Å². The highest BCUT2D eigenvalue weighted by molar-refractivity contribution is 5.09. The summed E-state index contributed by atoms with van der Waals surface area (Å²) < 4.78 is 4.73. The molecule has 0 aliphatic heterocycles. The first-order valence-electron chi connectivity index (χ1n) is 2.58. The first kappa shape index (κ1) is 7.45. The lowest BCUT2D eigenvalue weighted by atomic mass is 10.1. The zero-order valence-electron chi connectivity index (χ0n) is 5.27. The van der Waals surface area contributed by atoms with E-state index in [1.807, 2.05) is 13.0 Å². The molecule has 0 fully saturated rings. The molecule has 0 aliphatic rings. The van der Waals surface area contributed by atoms with E-state index in [4.69, 9.17) is 10.00 Å². The van der Waals surface area contributed by atoms with Gasteiger partial charge in [0.2, 0.25) is 0 Å². The van der Waals surface area contributed by atoms with Gasteiger partial charge in [0, 0.05) is 7.11 Å². The lowest BCUT2D eigenvalue weighted by Gasteiger charge is -1.99. The normalized spacial score (nSPS) is 9.25. The van der Waals surface area contributed by atoms with Crippen LogP contribution in [0.15, 0.2) is 0 Å². The zero-order chi connectivity index (χ0) is 6.41. The Kier molecular flexibility index (Phi) is 4.29. The van der Waals surface area contributed by atoms with E-state index in [-0.39, 0.29) is 0 Å². The van der Waals surface area contributed by atoms with Gasteiger partial charge in [-0.1, -0.05) is 6.92 Å². The molecule has 2 nitrogen and oxygen atoms in total. The third kappa shape index (κ3) is 2.59. The van der Waals surface area contributed by atoms with Gasteiger partial charge in [-0.15, -0.1) is 0 Å². The Balaban J connectivity index is 3.26. The molecule has 0 aromatic heterocycles. The Morgan fingerprint density at radius 2 is 2.38 bits per heavy atom. The number of hydrogen-bond acceptors (Lipinski definition) is 2. The van der Waals surface area contributed by atoms with E-state index in [1.165, 1.54) is 0 Å². The van der Waals surface area contributed by atoms with Gasteiger partial charge >= 0.3 is 0 Å². The van der Waals surface area contributed by atoms with Crippen LogP contribution in [0.1, 0.15) is 13.3 Å². The van der Waals surface area contributed by atoms with E-state index in [2.05, 4.69) is 0 Å². The van der Waals surface area contributed by atoms with Crippen LogP contribution in [0.5, 0.6) is 0 Å². The average Bonchev–Trinajstić information content (AvgIpc) is 1.83. The summed E-state index contributed by atoms with van der Waals surface area (Å²) in [4.78, 5) is 0. The van der Waals surface area contributed by atoms with E-state index in [9.17, 15) is 0 Å². The van der Waals surface area contributed by atoms with Crippen molar-refractivity contribution < 1.29 is 4.74 Å². The van der Waals surface area contributed by atoms with Crippen molar-refractivity contribution in [3.05, 3.63) is 5.92 Å². The molecular formula is C6H10NO. The molecule has 0 aromatic rings. The van der Waals surface area contributed by atoms with Crippen molar-refractivity contribution in [2.24, 2.45) is 0 Å². The molecule has 0 bridgehead atoms. The van der Waals surface area contributed by atoms with Crippen LogP contribution >= 0.6 is 0 Å².